The molecular formula is C20H23NO2. The van der Waals surface area contributed by atoms with Crippen LogP contribution >= 0.6 is 0 Å². The molecule has 23 heavy (non-hydrogen) atoms. The minimum Gasteiger partial charge on any atom is -0.461 e. The quantitative estimate of drug-likeness (QED) is 0.761. The Kier molecular flexibility index (Phi) is 5.09. The molecule has 2 atom stereocenters. The standard InChI is InChI=1S/C20H23NO2/c1-2-19-18(13-20(22)23-19)21(14-16-9-5-3-6-10-16)15-17-11-7-4-8-12-17/h3-12,18-19H,2,13-15H2,1H3/t18-,19+/m0/s1. The number of cyclic esters (lactones) is 1. The number of esters is 1. The molecule has 3 rings (SSSR count). The Labute approximate surface area is 137 Å². The van der Waals surface area contributed by atoms with E-state index in [1.807, 2.05) is 12.1 Å². The maximum Gasteiger partial charge on any atom is 0.307 e. The van der Waals surface area contributed by atoms with E-state index in [1.165, 1.54) is 11.1 Å². The molecule has 0 amide bonds. The van der Waals surface area contributed by atoms with Gasteiger partial charge in [-0.05, 0) is 17.5 Å². The first-order chi connectivity index (χ1) is 11.3. The van der Waals surface area contributed by atoms with Crippen molar-refractivity contribution >= 4 is 5.97 Å². The second-order valence-corrected chi connectivity index (χ2v) is 6.08. The molecule has 0 unspecified atom stereocenters. The molecule has 2 aromatic rings. The molecule has 1 heterocycles. The molecule has 3 nitrogen and oxygen atoms in total. The predicted molar refractivity (Wildman–Crippen MR) is 90.7 cm³/mol. The Morgan fingerprint density at radius 3 is 1.96 bits per heavy atom. The fourth-order valence-electron chi connectivity index (χ4n) is 3.24. The van der Waals surface area contributed by atoms with Crippen LogP contribution < -0.4 is 0 Å². The van der Waals surface area contributed by atoms with Crippen molar-refractivity contribution in [2.45, 2.75) is 45.0 Å². The highest BCUT2D eigenvalue weighted by atomic mass is 16.6. The molecule has 0 spiro atoms. The number of ether oxygens (including phenoxy) is 1. The SMILES string of the molecule is CC[C@H]1OC(=O)C[C@@H]1N(Cc1ccccc1)Cc1ccccc1. The van der Waals surface area contributed by atoms with Gasteiger partial charge in [-0.3, -0.25) is 9.69 Å². The Bertz CT molecular complexity index is 585. The first-order valence-electron chi connectivity index (χ1n) is 8.27. The van der Waals surface area contributed by atoms with E-state index in [0.29, 0.717) is 6.42 Å². The molecule has 0 aliphatic carbocycles. The summed E-state index contributed by atoms with van der Waals surface area (Å²) in [7, 11) is 0. The van der Waals surface area contributed by atoms with Gasteiger partial charge in [0.05, 0.1) is 12.5 Å². The van der Waals surface area contributed by atoms with Crippen molar-refractivity contribution in [1.82, 2.24) is 4.90 Å². The summed E-state index contributed by atoms with van der Waals surface area (Å²) in [6, 6.07) is 21.0. The molecule has 0 saturated carbocycles. The average Bonchev–Trinajstić information content (AvgIpc) is 2.97. The lowest BCUT2D eigenvalue weighted by Gasteiger charge is -2.31. The van der Waals surface area contributed by atoms with E-state index in [-0.39, 0.29) is 18.1 Å². The second kappa shape index (κ2) is 7.42. The smallest absolute Gasteiger partial charge is 0.307 e. The van der Waals surface area contributed by atoms with Gasteiger partial charge in [-0.1, -0.05) is 67.6 Å². The predicted octanol–water partition coefficient (Wildman–Crippen LogP) is 3.78. The normalized spacial score (nSPS) is 20.7. The molecule has 1 fully saturated rings. The van der Waals surface area contributed by atoms with E-state index < -0.39 is 0 Å². The first-order valence-corrected chi connectivity index (χ1v) is 8.27. The van der Waals surface area contributed by atoms with Gasteiger partial charge in [0.1, 0.15) is 6.10 Å². The number of hydrogen-bond donors (Lipinski definition) is 0. The van der Waals surface area contributed by atoms with Crippen LogP contribution in [0.25, 0.3) is 0 Å². The van der Waals surface area contributed by atoms with Gasteiger partial charge < -0.3 is 4.74 Å². The summed E-state index contributed by atoms with van der Waals surface area (Å²) in [6.07, 6.45) is 1.34. The second-order valence-electron chi connectivity index (χ2n) is 6.08. The van der Waals surface area contributed by atoms with Gasteiger partial charge in [0.2, 0.25) is 0 Å². The molecule has 0 bridgehead atoms. The van der Waals surface area contributed by atoms with Crippen LogP contribution in [0.5, 0.6) is 0 Å². The van der Waals surface area contributed by atoms with Gasteiger partial charge in [0, 0.05) is 13.1 Å². The Hall–Kier alpha value is -2.13. The summed E-state index contributed by atoms with van der Waals surface area (Å²) < 4.78 is 5.50. The van der Waals surface area contributed by atoms with Gasteiger partial charge in [0.15, 0.2) is 0 Å². The molecule has 1 aliphatic rings. The zero-order valence-electron chi connectivity index (χ0n) is 13.5. The van der Waals surface area contributed by atoms with E-state index in [2.05, 4.69) is 60.4 Å². The van der Waals surface area contributed by atoms with Crippen LogP contribution in [0, 0.1) is 0 Å². The summed E-state index contributed by atoms with van der Waals surface area (Å²) in [6.45, 7) is 3.74. The fourth-order valence-corrected chi connectivity index (χ4v) is 3.24. The summed E-state index contributed by atoms with van der Waals surface area (Å²) in [5, 5.41) is 0. The van der Waals surface area contributed by atoms with Gasteiger partial charge >= 0.3 is 5.97 Å². The van der Waals surface area contributed by atoms with E-state index >= 15 is 0 Å². The Balaban J connectivity index is 1.82. The number of carbonyl (C=O) groups is 1. The average molecular weight is 309 g/mol. The van der Waals surface area contributed by atoms with E-state index in [1.54, 1.807) is 0 Å². The number of carbonyl (C=O) groups excluding carboxylic acids is 1. The van der Waals surface area contributed by atoms with Crippen molar-refractivity contribution in [1.29, 1.82) is 0 Å². The zero-order valence-corrected chi connectivity index (χ0v) is 13.5. The molecule has 0 N–H and O–H groups in total. The lowest BCUT2D eigenvalue weighted by Crippen LogP contribution is -2.39. The fraction of sp³-hybridized carbons (Fsp3) is 0.350. The monoisotopic (exact) mass is 309 g/mol. The summed E-state index contributed by atoms with van der Waals surface area (Å²) in [4.78, 5) is 14.2. The van der Waals surface area contributed by atoms with Crippen LogP contribution in [0.1, 0.15) is 30.9 Å². The number of hydrogen-bond acceptors (Lipinski definition) is 3. The van der Waals surface area contributed by atoms with Crippen molar-refractivity contribution in [2.24, 2.45) is 0 Å². The molecule has 1 aliphatic heterocycles. The van der Waals surface area contributed by atoms with Crippen molar-refractivity contribution in [2.75, 3.05) is 0 Å². The van der Waals surface area contributed by atoms with Gasteiger partial charge in [-0.15, -0.1) is 0 Å². The number of rotatable bonds is 6. The lowest BCUT2D eigenvalue weighted by atomic mass is 10.0. The molecule has 2 aromatic carbocycles. The minimum absolute atomic E-state index is 0.00470. The van der Waals surface area contributed by atoms with Crippen molar-refractivity contribution in [3.8, 4) is 0 Å². The van der Waals surface area contributed by atoms with Crippen LogP contribution in [0.2, 0.25) is 0 Å². The van der Waals surface area contributed by atoms with Gasteiger partial charge in [-0.25, -0.2) is 0 Å². The third-order valence-electron chi connectivity index (χ3n) is 4.42. The van der Waals surface area contributed by atoms with Crippen molar-refractivity contribution in [3.63, 3.8) is 0 Å². The number of nitrogens with zero attached hydrogens (tertiary/aromatic N) is 1. The van der Waals surface area contributed by atoms with Crippen LogP contribution in [-0.4, -0.2) is 23.0 Å². The minimum atomic E-state index is -0.0760. The van der Waals surface area contributed by atoms with Crippen LogP contribution in [0.15, 0.2) is 60.7 Å². The van der Waals surface area contributed by atoms with Gasteiger partial charge in [-0.2, -0.15) is 0 Å². The van der Waals surface area contributed by atoms with E-state index in [0.717, 1.165) is 19.5 Å². The third kappa shape index (κ3) is 3.99. The topological polar surface area (TPSA) is 29.5 Å². The summed E-state index contributed by atoms with van der Waals surface area (Å²) in [5.41, 5.74) is 2.52. The highest BCUT2D eigenvalue weighted by Crippen LogP contribution is 2.26. The lowest BCUT2D eigenvalue weighted by molar-refractivity contribution is -0.141. The van der Waals surface area contributed by atoms with Crippen LogP contribution in [-0.2, 0) is 22.6 Å². The Morgan fingerprint density at radius 2 is 1.48 bits per heavy atom. The van der Waals surface area contributed by atoms with Crippen molar-refractivity contribution < 1.29 is 9.53 Å². The van der Waals surface area contributed by atoms with Gasteiger partial charge in [0.25, 0.3) is 0 Å². The molecule has 0 radical (unpaired) electrons. The first kappa shape index (κ1) is 15.8. The molecular weight excluding hydrogens is 286 g/mol. The number of benzene rings is 2. The third-order valence-corrected chi connectivity index (χ3v) is 4.42. The molecule has 1 saturated heterocycles. The van der Waals surface area contributed by atoms with Crippen molar-refractivity contribution in [3.05, 3.63) is 71.8 Å². The highest BCUT2D eigenvalue weighted by molar-refractivity contribution is 5.72. The maximum absolute atomic E-state index is 11.8. The molecule has 3 heteroatoms. The van der Waals surface area contributed by atoms with Crippen LogP contribution in [0.3, 0.4) is 0 Å². The molecule has 0 aromatic heterocycles. The zero-order chi connectivity index (χ0) is 16.1. The van der Waals surface area contributed by atoms with Crippen LogP contribution in [0.4, 0.5) is 0 Å². The highest BCUT2D eigenvalue weighted by Gasteiger charge is 2.37. The Morgan fingerprint density at radius 1 is 0.957 bits per heavy atom. The van der Waals surface area contributed by atoms with E-state index in [9.17, 15) is 4.79 Å². The maximum atomic E-state index is 11.8. The largest absolute Gasteiger partial charge is 0.461 e. The summed E-state index contributed by atoms with van der Waals surface area (Å²) in [5.74, 6) is -0.0760. The molecule has 120 valence electrons. The van der Waals surface area contributed by atoms with E-state index in [4.69, 9.17) is 4.74 Å². The summed E-state index contributed by atoms with van der Waals surface area (Å²) >= 11 is 0.